The highest BCUT2D eigenvalue weighted by Gasteiger charge is 2.19. The van der Waals surface area contributed by atoms with Crippen LogP contribution < -0.4 is 20.1 Å². The zero-order valence-electron chi connectivity index (χ0n) is 14.0. The normalized spacial score (nSPS) is 10.2. The Labute approximate surface area is 144 Å². The van der Waals surface area contributed by atoms with Crippen LogP contribution in [0.1, 0.15) is 10.4 Å². The van der Waals surface area contributed by atoms with Crippen molar-refractivity contribution in [1.29, 1.82) is 0 Å². The number of likely N-dealkylation sites (N-methyl/N-ethyl adjacent to an activating group) is 1. The third-order valence-electron chi connectivity index (χ3n) is 3.62. The van der Waals surface area contributed by atoms with Gasteiger partial charge in [0.1, 0.15) is 23.8 Å². The first-order valence-corrected chi connectivity index (χ1v) is 7.48. The quantitative estimate of drug-likeness (QED) is 0.580. The molecule has 0 bridgehead atoms. The second-order valence-electron chi connectivity index (χ2n) is 5.27. The molecule has 8 heteroatoms. The van der Waals surface area contributed by atoms with Gasteiger partial charge in [0, 0.05) is 18.7 Å². The monoisotopic (exact) mass is 345 g/mol. The van der Waals surface area contributed by atoms with Gasteiger partial charge in [-0.15, -0.1) is 0 Å². The van der Waals surface area contributed by atoms with E-state index >= 15 is 0 Å². The van der Waals surface area contributed by atoms with Gasteiger partial charge in [-0.25, -0.2) is 0 Å². The van der Waals surface area contributed by atoms with E-state index in [0.717, 1.165) is 5.75 Å². The molecule has 0 saturated carbocycles. The number of benzene rings is 2. The number of nitro groups is 1. The zero-order valence-corrected chi connectivity index (χ0v) is 14.0. The number of primary amides is 1. The van der Waals surface area contributed by atoms with Crippen molar-refractivity contribution in [2.75, 3.05) is 32.2 Å². The van der Waals surface area contributed by atoms with Gasteiger partial charge in [0.05, 0.1) is 18.6 Å². The van der Waals surface area contributed by atoms with E-state index in [1.807, 2.05) is 0 Å². The molecule has 132 valence electrons. The second-order valence-corrected chi connectivity index (χ2v) is 5.27. The number of nitrogens with zero attached hydrogens (tertiary/aromatic N) is 2. The predicted molar refractivity (Wildman–Crippen MR) is 93.4 cm³/mol. The van der Waals surface area contributed by atoms with Gasteiger partial charge in [0.25, 0.3) is 5.69 Å². The molecule has 0 aliphatic carbocycles. The van der Waals surface area contributed by atoms with Crippen LogP contribution in [0.25, 0.3) is 0 Å². The summed E-state index contributed by atoms with van der Waals surface area (Å²) in [5.41, 5.74) is 5.47. The molecule has 0 atom stereocenters. The standard InChI is InChI=1S/C17H19N3O5/c1-19(9-10-25-14-6-4-13(24-2)5-7-14)15-8-3-12(17(18)21)11-16(15)20(22)23/h3-8,11H,9-10H2,1-2H3,(H2,18,21). The summed E-state index contributed by atoms with van der Waals surface area (Å²) in [7, 11) is 3.30. The maximum atomic E-state index is 11.2. The van der Waals surface area contributed by atoms with Crippen molar-refractivity contribution in [2.24, 2.45) is 5.73 Å². The Morgan fingerprint density at radius 3 is 2.40 bits per heavy atom. The Morgan fingerprint density at radius 1 is 1.20 bits per heavy atom. The lowest BCUT2D eigenvalue weighted by Gasteiger charge is -2.19. The largest absolute Gasteiger partial charge is 0.497 e. The molecule has 25 heavy (non-hydrogen) atoms. The fourth-order valence-corrected chi connectivity index (χ4v) is 2.24. The summed E-state index contributed by atoms with van der Waals surface area (Å²) in [6, 6.07) is 11.3. The van der Waals surface area contributed by atoms with Crippen LogP contribution in [-0.4, -0.2) is 38.1 Å². The van der Waals surface area contributed by atoms with Crippen molar-refractivity contribution in [3.05, 3.63) is 58.1 Å². The molecule has 0 saturated heterocycles. The molecule has 0 radical (unpaired) electrons. The van der Waals surface area contributed by atoms with E-state index in [2.05, 4.69) is 0 Å². The van der Waals surface area contributed by atoms with Crippen LogP contribution in [0.5, 0.6) is 11.5 Å². The molecule has 0 spiro atoms. The number of hydrogen-bond donors (Lipinski definition) is 1. The van der Waals surface area contributed by atoms with Crippen LogP contribution in [0.15, 0.2) is 42.5 Å². The van der Waals surface area contributed by atoms with Crippen molar-refractivity contribution in [3.8, 4) is 11.5 Å². The topological polar surface area (TPSA) is 108 Å². The van der Waals surface area contributed by atoms with E-state index in [1.165, 1.54) is 18.2 Å². The van der Waals surface area contributed by atoms with Crippen molar-refractivity contribution in [1.82, 2.24) is 0 Å². The van der Waals surface area contributed by atoms with Gasteiger partial charge in [0.2, 0.25) is 5.91 Å². The van der Waals surface area contributed by atoms with Gasteiger partial charge in [-0.05, 0) is 36.4 Å². The third-order valence-corrected chi connectivity index (χ3v) is 3.62. The smallest absolute Gasteiger partial charge is 0.293 e. The first-order valence-electron chi connectivity index (χ1n) is 7.48. The summed E-state index contributed by atoms with van der Waals surface area (Å²) in [4.78, 5) is 23.6. The van der Waals surface area contributed by atoms with E-state index < -0.39 is 10.8 Å². The van der Waals surface area contributed by atoms with Gasteiger partial charge in [-0.1, -0.05) is 0 Å². The first kappa shape index (κ1) is 18.1. The van der Waals surface area contributed by atoms with Crippen LogP contribution in [0, 0.1) is 10.1 Å². The average molecular weight is 345 g/mol. The van der Waals surface area contributed by atoms with E-state index in [-0.39, 0.29) is 11.3 Å². The minimum absolute atomic E-state index is 0.0957. The summed E-state index contributed by atoms with van der Waals surface area (Å²) in [6.45, 7) is 0.750. The SMILES string of the molecule is COc1ccc(OCCN(C)c2ccc(C(N)=O)cc2[N+](=O)[O-])cc1. The van der Waals surface area contributed by atoms with Crippen molar-refractivity contribution >= 4 is 17.3 Å². The lowest BCUT2D eigenvalue weighted by atomic mass is 10.1. The summed E-state index contributed by atoms with van der Waals surface area (Å²) in [5.74, 6) is 0.697. The van der Waals surface area contributed by atoms with E-state index in [1.54, 1.807) is 43.3 Å². The average Bonchev–Trinajstić information content (AvgIpc) is 2.61. The van der Waals surface area contributed by atoms with Crippen LogP contribution in [-0.2, 0) is 0 Å². The Kier molecular flexibility index (Phi) is 5.78. The molecule has 0 aliphatic heterocycles. The number of anilines is 1. The number of ether oxygens (including phenoxy) is 2. The molecule has 0 fully saturated rings. The van der Waals surface area contributed by atoms with E-state index in [9.17, 15) is 14.9 Å². The second kappa shape index (κ2) is 8.00. The Morgan fingerprint density at radius 2 is 1.84 bits per heavy atom. The summed E-state index contributed by atoms with van der Waals surface area (Å²) in [6.07, 6.45) is 0. The molecule has 0 heterocycles. The minimum Gasteiger partial charge on any atom is -0.497 e. The van der Waals surface area contributed by atoms with Crippen molar-refractivity contribution in [3.63, 3.8) is 0 Å². The fourth-order valence-electron chi connectivity index (χ4n) is 2.24. The number of amides is 1. The lowest BCUT2D eigenvalue weighted by Crippen LogP contribution is -2.24. The molecular formula is C17H19N3O5. The number of carbonyl (C=O) groups is 1. The number of hydrogen-bond acceptors (Lipinski definition) is 6. The predicted octanol–water partition coefficient (Wildman–Crippen LogP) is 2.22. The summed E-state index contributed by atoms with van der Waals surface area (Å²) < 4.78 is 10.7. The van der Waals surface area contributed by atoms with Crippen LogP contribution in [0.4, 0.5) is 11.4 Å². The van der Waals surface area contributed by atoms with E-state index in [4.69, 9.17) is 15.2 Å². The fraction of sp³-hybridized carbons (Fsp3) is 0.235. The van der Waals surface area contributed by atoms with Crippen LogP contribution in [0.2, 0.25) is 0 Å². The molecule has 2 rings (SSSR count). The Bertz CT molecular complexity index is 761. The van der Waals surface area contributed by atoms with Crippen LogP contribution in [0.3, 0.4) is 0 Å². The highest BCUT2D eigenvalue weighted by atomic mass is 16.6. The van der Waals surface area contributed by atoms with Gasteiger partial charge in [-0.3, -0.25) is 14.9 Å². The highest BCUT2D eigenvalue weighted by molar-refractivity contribution is 5.94. The van der Waals surface area contributed by atoms with Gasteiger partial charge in [-0.2, -0.15) is 0 Å². The molecule has 0 aliphatic rings. The molecule has 0 aromatic heterocycles. The van der Waals surface area contributed by atoms with Crippen LogP contribution >= 0.6 is 0 Å². The van der Waals surface area contributed by atoms with Gasteiger partial charge < -0.3 is 20.1 Å². The molecule has 1 amide bonds. The van der Waals surface area contributed by atoms with Crippen molar-refractivity contribution < 1.29 is 19.2 Å². The summed E-state index contributed by atoms with van der Waals surface area (Å²) in [5, 5.41) is 11.2. The maximum Gasteiger partial charge on any atom is 0.293 e. The van der Waals surface area contributed by atoms with Gasteiger partial charge >= 0.3 is 0 Å². The number of carbonyl (C=O) groups excluding carboxylic acids is 1. The maximum absolute atomic E-state index is 11.2. The lowest BCUT2D eigenvalue weighted by molar-refractivity contribution is -0.384. The Hall–Kier alpha value is -3.29. The number of methoxy groups -OCH3 is 1. The zero-order chi connectivity index (χ0) is 18.4. The van der Waals surface area contributed by atoms with Gasteiger partial charge in [0.15, 0.2) is 0 Å². The minimum atomic E-state index is -0.708. The first-order chi connectivity index (χ1) is 11.9. The van der Waals surface area contributed by atoms with E-state index in [0.29, 0.717) is 24.6 Å². The number of rotatable bonds is 8. The molecule has 2 aromatic carbocycles. The third kappa shape index (κ3) is 4.60. The number of nitrogens with two attached hydrogens (primary N) is 1. The molecule has 2 aromatic rings. The number of nitro benzene ring substituents is 1. The molecule has 0 unspecified atom stereocenters. The highest BCUT2D eigenvalue weighted by Crippen LogP contribution is 2.28. The Balaban J connectivity index is 2.03. The molecular weight excluding hydrogens is 326 g/mol. The molecule has 2 N–H and O–H groups in total. The summed E-state index contributed by atoms with van der Waals surface area (Å²) >= 11 is 0. The van der Waals surface area contributed by atoms with Crippen molar-refractivity contribution in [2.45, 2.75) is 0 Å². The molecule has 8 nitrogen and oxygen atoms in total.